The summed E-state index contributed by atoms with van der Waals surface area (Å²) in [5, 5.41) is 7.99. The normalized spacial score (nSPS) is 18.8. The Kier molecular flexibility index (Phi) is 10.6. The van der Waals surface area contributed by atoms with Gasteiger partial charge in [0.2, 0.25) is 0 Å². The highest BCUT2D eigenvalue weighted by Gasteiger charge is 2.32. The van der Waals surface area contributed by atoms with Crippen LogP contribution in [0.3, 0.4) is 0 Å². The zero-order chi connectivity index (χ0) is 34.8. The van der Waals surface area contributed by atoms with Gasteiger partial charge in [0, 0.05) is 53.3 Å². The molecule has 50 heavy (non-hydrogen) atoms. The molecule has 4 aromatic rings. The third kappa shape index (κ3) is 7.80. The number of aromatic nitrogens is 2. The van der Waals surface area contributed by atoms with E-state index < -0.39 is 12.1 Å². The predicted molar refractivity (Wildman–Crippen MR) is 203 cm³/mol. The molecule has 3 aliphatic heterocycles. The Labute approximate surface area is 309 Å². The number of nitrogens with zero attached hydrogens (tertiary/aromatic N) is 5. The van der Waals surface area contributed by atoms with Crippen LogP contribution >= 0.6 is 31.9 Å². The van der Waals surface area contributed by atoms with Crippen molar-refractivity contribution >= 4 is 66.4 Å². The number of fused-ring (bicyclic) bond motifs is 2. The van der Waals surface area contributed by atoms with Crippen molar-refractivity contribution in [3.8, 4) is 0 Å². The number of hydroxylamine groups is 2. The Hall–Kier alpha value is -3.65. The highest BCUT2D eigenvalue weighted by atomic mass is 79.9. The van der Waals surface area contributed by atoms with E-state index in [-0.39, 0.29) is 12.1 Å². The summed E-state index contributed by atoms with van der Waals surface area (Å²) in [7, 11) is 2.18. The van der Waals surface area contributed by atoms with Crippen molar-refractivity contribution < 1.29 is 14.4 Å². The second kappa shape index (κ2) is 15.3. The molecule has 4 N–H and O–H groups in total. The number of hydrogen-bond donors (Lipinski definition) is 3. The lowest BCUT2D eigenvalue weighted by atomic mass is 9.96. The Morgan fingerprint density at radius 3 is 2.46 bits per heavy atom. The maximum absolute atomic E-state index is 13.7. The van der Waals surface area contributed by atoms with E-state index >= 15 is 0 Å². The number of anilines is 2. The Morgan fingerprint density at radius 2 is 1.70 bits per heavy atom. The molecule has 2 fully saturated rings. The number of benzene rings is 3. The number of amides is 3. The van der Waals surface area contributed by atoms with Crippen molar-refractivity contribution in [2.45, 2.75) is 57.2 Å². The summed E-state index contributed by atoms with van der Waals surface area (Å²) >= 11 is 7.19. The van der Waals surface area contributed by atoms with Crippen molar-refractivity contribution in [1.82, 2.24) is 29.7 Å². The van der Waals surface area contributed by atoms with E-state index in [1.165, 1.54) is 0 Å². The number of piperidine rings is 2. The summed E-state index contributed by atoms with van der Waals surface area (Å²) in [6, 6.07) is 19.7. The van der Waals surface area contributed by atoms with Gasteiger partial charge in [-0.15, -0.1) is 5.06 Å². The first-order valence-electron chi connectivity index (χ1n) is 17.5. The van der Waals surface area contributed by atoms with Crippen LogP contribution in [0.2, 0.25) is 0 Å². The number of carbonyl (C=O) groups excluding carboxylic acids is 2. The number of halogens is 2. The zero-order valence-electron chi connectivity index (χ0n) is 28.3. The monoisotopic (exact) mass is 806 g/mol. The smallest absolute Gasteiger partial charge is 0.397 e. The van der Waals surface area contributed by atoms with Crippen LogP contribution in [0.5, 0.6) is 0 Å². The predicted octanol–water partition coefficient (Wildman–Crippen LogP) is 6.96. The number of nitrogens with one attached hydrogen (secondary N) is 2. The molecule has 0 radical (unpaired) electrons. The van der Waals surface area contributed by atoms with Crippen LogP contribution in [-0.2, 0) is 24.2 Å². The molecule has 3 aromatic carbocycles. The Morgan fingerprint density at radius 1 is 1.00 bits per heavy atom. The molecular weight excluding hydrogens is 764 g/mol. The molecule has 11 nitrogen and oxygen atoms in total. The summed E-state index contributed by atoms with van der Waals surface area (Å²) in [5.41, 5.74) is 11.8. The molecule has 13 heteroatoms. The van der Waals surface area contributed by atoms with Gasteiger partial charge >= 0.3 is 12.1 Å². The molecule has 0 spiro atoms. The first-order valence-corrected chi connectivity index (χ1v) is 19.1. The number of rotatable bonds is 8. The number of nitrogens with two attached hydrogens (primary N) is 1. The van der Waals surface area contributed by atoms with Crippen molar-refractivity contribution in [1.29, 1.82) is 0 Å². The van der Waals surface area contributed by atoms with Gasteiger partial charge in [0.05, 0.1) is 22.8 Å². The minimum absolute atomic E-state index is 0.0704. The fraction of sp³-hybridized carbons (Fsp3) is 0.432. The largest absolute Gasteiger partial charge is 0.426 e. The van der Waals surface area contributed by atoms with Gasteiger partial charge in [0.25, 0.3) is 0 Å². The van der Waals surface area contributed by atoms with E-state index in [1.807, 2.05) is 53.4 Å². The first-order chi connectivity index (χ1) is 24.2. The standard InChI is InChI=1S/C37H44Br2N8O3/c1-44-15-10-24(11-16-44)23-47-33-9-5-4-8-31(33)41-35(47)32(22-25-20-28(38)34(40)29(39)21-25)43-37(49)50-45-17-13-27(14-18-45)46-19-12-26-6-2-3-7-30(26)42-36(46)48/h2-9,20-21,24,27,32H,10-19,22-23,40H2,1H3,(H,42,48)(H,43,49)/t32-/m1/s1. The molecule has 0 aliphatic carbocycles. The topological polar surface area (TPSA) is 121 Å². The maximum atomic E-state index is 13.7. The second-order valence-electron chi connectivity index (χ2n) is 13.8. The molecule has 3 aliphatic rings. The Bertz CT molecular complexity index is 1830. The van der Waals surface area contributed by atoms with Gasteiger partial charge in [-0.2, -0.15) is 0 Å². The molecule has 4 heterocycles. The third-order valence-electron chi connectivity index (χ3n) is 10.4. The summed E-state index contributed by atoms with van der Waals surface area (Å²) in [5.74, 6) is 1.31. The van der Waals surface area contributed by atoms with Crippen molar-refractivity contribution in [3.05, 3.63) is 86.6 Å². The van der Waals surface area contributed by atoms with E-state index in [4.69, 9.17) is 15.6 Å². The van der Waals surface area contributed by atoms with Gasteiger partial charge in [-0.25, -0.2) is 14.6 Å². The molecule has 0 bridgehead atoms. The number of para-hydroxylation sites is 3. The van der Waals surface area contributed by atoms with E-state index in [0.29, 0.717) is 50.5 Å². The lowest BCUT2D eigenvalue weighted by Gasteiger charge is -2.37. The summed E-state index contributed by atoms with van der Waals surface area (Å²) < 4.78 is 3.87. The molecule has 0 unspecified atom stereocenters. The van der Waals surface area contributed by atoms with E-state index in [1.54, 1.807) is 5.06 Å². The summed E-state index contributed by atoms with van der Waals surface area (Å²) in [6.45, 7) is 4.70. The van der Waals surface area contributed by atoms with Gasteiger partial charge < -0.3 is 35.6 Å². The highest BCUT2D eigenvalue weighted by molar-refractivity contribution is 9.11. The average molecular weight is 809 g/mol. The van der Waals surface area contributed by atoms with E-state index in [9.17, 15) is 9.59 Å². The molecule has 0 saturated carbocycles. The lowest BCUT2D eigenvalue weighted by Crippen LogP contribution is -2.49. The van der Waals surface area contributed by atoms with Gasteiger partial charge in [-0.3, -0.25) is 0 Å². The molecule has 1 atom stereocenters. The fourth-order valence-corrected chi connectivity index (χ4v) is 8.80. The zero-order valence-corrected chi connectivity index (χ0v) is 31.5. The number of imidazole rings is 1. The minimum Gasteiger partial charge on any atom is -0.397 e. The van der Waals surface area contributed by atoms with Gasteiger partial charge in [-0.1, -0.05) is 30.3 Å². The van der Waals surface area contributed by atoms with Crippen LogP contribution in [0.15, 0.2) is 69.6 Å². The lowest BCUT2D eigenvalue weighted by molar-refractivity contribution is -0.120. The summed E-state index contributed by atoms with van der Waals surface area (Å²) in [6.07, 6.45) is 4.41. The van der Waals surface area contributed by atoms with Crippen LogP contribution in [0.25, 0.3) is 11.0 Å². The fourth-order valence-electron chi connectivity index (χ4n) is 7.52. The number of urea groups is 1. The van der Waals surface area contributed by atoms with Crippen molar-refractivity contribution in [2.75, 3.05) is 50.8 Å². The van der Waals surface area contributed by atoms with Crippen LogP contribution in [-0.4, -0.2) is 82.4 Å². The minimum atomic E-state index is -0.525. The number of hydrogen-bond acceptors (Lipinski definition) is 7. The van der Waals surface area contributed by atoms with E-state index in [2.05, 4.69) is 71.1 Å². The first kappa shape index (κ1) is 34.8. The molecule has 7 rings (SSSR count). The number of likely N-dealkylation sites (tertiary alicyclic amines) is 1. The second-order valence-corrected chi connectivity index (χ2v) is 15.5. The summed E-state index contributed by atoms with van der Waals surface area (Å²) in [4.78, 5) is 42.2. The highest BCUT2D eigenvalue weighted by Crippen LogP contribution is 2.33. The van der Waals surface area contributed by atoms with Crippen LogP contribution in [0.4, 0.5) is 21.0 Å². The van der Waals surface area contributed by atoms with Gasteiger partial charge in [-0.05, 0) is 131 Å². The molecule has 2 saturated heterocycles. The third-order valence-corrected chi connectivity index (χ3v) is 11.7. The van der Waals surface area contributed by atoms with E-state index in [0.717, 1.165) is 81.5 Å². The molecule has 3 amide bonds. The molecular formula is C37H44Br2N8O3. The average Bonchev–Trinajstić information content (AvgIpc) is 3.37. The maximum Gasteiger partial charge on any atom is 0.426 e. The van der Waals surface area contributed by atoms with Crippen LogP contribution in [0.1, 0.15) is 48.7 Å². The van der Waals surface area contributed by atoms with Crippen LogP contribution in [0, 0.1) is 5.92 Å². The number of nitrogen functional groups attached to an aromatic ring is 1. The molecule has 1 aromatic heterocycles. The van der Waals surface area contributed by atoms with Crippen LogP contribution < -0.4 is 16.4 Å². The van der Waals surface area contributed by atoms with Crippen molar-refractivity contribution in [3.63, 3.8) is 0 Å². The molecule has 264 valence electrons. The Balaban J connectivity index is 1.07. The number of carbonyl (C=O) groups is 2. The van der Waals surface area contributed by atoms with Gasteiger partial charge in [0.15, 0.2) is 0 Å². The van der Waals surface area contributed by atoms with Gasteiger partial charge in [0.1, 0.15) is 5.82 Å². The quantitative estimate of drug-likeness (QED) is 0.165. The SMILES string of the molecule is CN1CCC(Cn2c([C@@H](Cc3cc(Br)c(N)c(Br)c3)NC(=O)ON3CCC(N4CCc5ccccc5NC4=O)CC3)nc3ccccc32)CC1. The van der Waals surface area contributed by atoms with Crippen molar-refractivity contribution in [2.24, 2.45) is 5.92 Å².